The summed E-state index contributed by atoms with van der Waals surface area (Å²) >= 11 is 0. The largest absolute Gasteiger partial charge is 0.399 e. The standard InChI is InChI=1S/C14H17N3/c1-10(11-5-4-6-12(15)9-11)17-14-8-3-2-7-13(14)16/h2-10,17H,15-16H2,1H3. The van der Waals surface area contributed by atoms with Gasteiger partial charge in [0.2, 0.25) is 0 Å². The highest BCUT2D eigenvalue weighted by atomic mass is 14.9. The molecule has 0 aromatic heterocycles. The lowest BCUT2D eigenvalue weighted by atomic mass is 10.1. The van der Waals surface area contributed by atoms with Crippen LogP contribution in [0.25, 0.3) is 0 Å². The highest BCUT2D eigenvalue weighted by molar-refractivity contribution is 5.66. The Hall–Kier alpha value is -2.16. The van der Waals surface area contributed by atoms with Gasteiger partial charge in [-0.05, 0) is 36.8 Å². The molecule has 2 aromatic carbocycles. The molecule has 88 valence electrons. The van der Waals surface area contributed by atoms with Crippen molar-refractivity contribution in [2.24, 2.45) is 0 Å². The molecule has 5 N–H and O–H groups in total. The molecule has 0 amide bonds. The maximum Gasteiger partial charge on any atom is 0.0578 e. The Morgan fingerprint density at radius 2 is 1.76 bits per heavy atom. The molecule has 0 aliphatic rings. The van der Waals surface area contributed by atoms with Gasteiger partial charge in [-0.25, -0.2) is 0 Å². The molecule has 0 saturated heterocycles. The Balaban J connectivity index is 2.17. The van der Waals surface area contributed by atoms with Crippen molar-refractivity contribution < 1.29 is 0 Å². The molecule has 1 atom stereocenters. The van der Waals surface area contributed by atoms with Crippen LogP contribution in [-0.4, -0.2) is 0 Å². The third kappa shape index (κ3) is 2.69. The molecule has 0 radical (unpaired) electrons. The lowest BCUT2D eigenvalue weighted by molar-refractivity contribution is 0.886. The molecule has 1 unspecified atom stereocenters. The number of hydrogen-bond acceptors (Lipinski definition) is 3. The van der Waals surface area contributed by atoms with E-state index < -0.39 is 0 Å². The molecule has 0 saturated carbocycles. The summed E-state index contributed by atoms with van der Waals surface area (Å²) in [6, 6.07) is 15.8. The van der Waals surface area contributed by atoms with Gasteiger partial charge in [-0.1, -0.05) is 24.3 Å². The molecule has 3 nitrogen and oxygen atoms in total. The number of rotatable bonds is 3. The van der Waals surface area contributed by atoms with Gasteiger partial charge >= 0.3 is 0 Å². The first kappa shape index (κ1) is 11.3. The van der Waals surface area contributed by atoms with Gasteiger partial charge in [-0.2, -0.15) is 0 Å². The third-order valence-corrected chi connectivity index (χ3v) is 2.74. The van der Waals surface area contributed by atoms with E-state index in [1.807, 2.05) is 48.5 Å². The monoisotopic (exact) mass is 227 g/mol. The molecule has 0 aliphatic carbocycles. The van der Waals surface area contributed by atoms with Crippen LogP contribution in [0.1, 0.15) is 18.5 Å². The van der Waals surface area contributed by atoms with Crippen LogP contribution >= 0.6 is 0 Å². The Kier molecular flexibility index (Phi) is 3.19. The van der Waals surface area contributed by atoms with Crippen molar-refractivity contribution in [2.45, 2.75) is 13.0 Å². The van der Waals surface area contributed by atoms with Crippen molar-refractivity contribution in [3.8, 4) is 0 Å². The quantitative estimate of drug-likeness (QED) is 0.706. The van der Waals surface area contributed by atoms with Crippen LogP contribution in [0.3, 0.4) is 0 Å². The molecule has 3 heteroatoms. The summed E-state index contributed by atoms with van der Waals surface area (Å²) in [4.78, 5) is 0. The number of hydrogen-bond donors (Lipinski definition) is 3. The first-order valence-corrected chi connectivity index (χ1v) is 5.63. The summed E-state index contributed by atoms with van der Waals surface area (Å²) in [7, 11) is 0. The van der Waals surface area contributed by atoms with Crippen molar-refractivity contribution in [3.05, 3.63) is 54.1 Å². The number of nitrogens with one attached hydrogen (secondary N) is 1. The highest BCUT2D eigenvalue weighted by Gasteiger charge is 2.06. The van der Waals surface area contributed by atoms with E-state index in [1.165, 1.54) is 0 Å². The SMILES string of the molecule is CC(Nc1ccccc1N)c1cccc(N)c1. The second-order valence-electron chi connectivity index (χ2n) is 4.12. The zero-order valence-electron chi connectivity index (χ0n) is 9.85. The summed E-state index contributed by atoms with van der Waals surface area (Å²) in [6.07, 6.45) is 0. The smallest absolute Gasteiger partial charge is 0.0578 e. The summed E-state index contributed by atoms with van der Waals surface area (Å²) in [5.41, 5.74) is 15.3. The average Bonchev–Trinajstić information content (AvgIpc) is 2.32. The number of nitrogen functional groups attached to an aromatic ring is 2. The van der Waals surface area contributed by atoms with Gasteiger partial charge in [0.1, 0.15) is 0 Å². The zero-order chi connectivity index (χ0) is 12.3. The van der Waals surface area contributed by atoms with E-state index in [0.717, 1.165) is 22.6 Å². The number of para-hydroxylation sites is 2. The fourth-order valence-electron chi connectivity index (χ4n) is 1.77. The van der Waals surface area contributed by atoms with Gasteiger partial charge in [0.05, 0.1) is 11.4 Å². The summed E-state index contributed by atoms with van der Waals surface area (Å²) in [6.45, 7) is 2.08. The zero-order valence-corrected chi connectivity index (χ0v) is 9.85. The molecule has 2 rings (SSSR count). The molecule has 0 heterocycles. The minimum Gasteiger partial charge on any atom is -0.399 e. The van der Waals surface area contributed by atoms with E-state index in [4.69, 9.17) is 11.5 Å². The van der Waals surface area contributed by atoms with Gasteiger partial charge in [0.15, 0.2) is 0 Å². The van der Waals surface area contributed by atoms with Gasteiger partial charge < -0.3 is 16.8 Å². The van der Waals surface area contributed by atoms with E-state index in [-0.39, 0.29) is 6.04 Å². The molecule has 0 bridgehead atoms. The molecule has 0 spiro atoms. The van der Waals surface area contributed by atoms with Crippen molar-refractivity contribution in [3.63, 3.8) is 0 Å². The summed E-state index contributed by atoms with van der Waals surface area (Å²) < 4.78 is 0. The van der Waals surface area contributed by atoms with Gasteiger partial charge in [-0.3, -0.25) is 0 Å². The summed E-state index contributed by atoms with van der Waals surface area (Å²) in [5.74, 6) is 0. The minimum atomic E-state index is 0.170. The van der Waals surface area contributed by atoms with Crippen LogP contribution in [0.15, 0.2) is 48.5 Å². The molecular formula is C14H17N3. The molecule has 17 heavy (non-hydrogen) atoms. The van der Waals surface area contributed by atoms with Crippen LogP contribution < -0.4 is 16.8 Å². The maximum absolute atomic E-state index is 5.89. The first-order chi connectivity index (χ1) is 8.16. The predicted molar refractivity (Wildman–Crippen MR) is 73.7 cm³/mol. The summed E-state index contributed by atoms with van der Waals surface area (Å²) in [5, 5.41) is 3.37. The van der Waals surface area contributed by atoms with Crippen LogP contribution in [0.2, 0.25) is 0 Å². The van der Waals surface area contributed by atoms with Crippen LogP contribution in [0.4, 0.5) is 17.1 Å². The first-order valence-electron chi connectivity index (χ1n) is 5.63. The van der Waals surface area contributed by atoms with Crippen LogP contribution in [-0.2, 0) is 0 Å². The van der Waals surface area contributed by atoms with Crippen molar-refractivity contribution in [1.29, 1.82) is 0 Å². The third-order valence-electron chi connectivity index (χ3n) is 2.74. The lowest BCUT2D eigenvalue weighted by Gasteiger charge is -2.17. The Bertz CT molecular complexity index is 508. The van der Waals surface area contributed by atoms with E-state index in [9.17, 15) is 0 Å². The average molecular weight is 227 g/mol. The lowest BCUT2D eigenvalue weighted by Crippen LogP contribution is -2.08. The van der Waals surface area contributed by atoms with Crippen molar-refractivity contribution >= 4 is 17.1 Å². The van der Waals surface area contributed by atoms with Crippen molar-refractivity contribution in [1.82, 2.24) is 0 Å². The van der Waals surface area contributed by atoms with Crippen LogP contribution in [0.5, 0.6) is 0 Å². The topological polar surface area (TPSA) is 64.1 Å². The molecule has 0 fully saturated rings. The van der Waals surface area contributed by atoms with Crippen LogP contribution in [0, 0.1) is 0 Å². The predicted octanol–water partition coefficient (Wildman–Crippen LogP) is 3.02. The molecule has 0 aliphatic heterocycles. The van der Waals surface area contributed by atoms with E-state index in [1.54, 1.807) is 0 Å². The fraction of sp³-hybridized carbons (Fsp3) is 0.143. The Labute approximate surface area is 101 Å². The second-order valence-corrected chi connectivity index (χ2v) is 4.12. The maximum atomic E-state index is 5.89. The number of benzene rings is 2. The minimum absolute atomic E-state index is 0.170. The highest BCUT2D eigenvalue weighted by Crippen LogP contribution is 2.24. The fourth-order valence-corrected chi connectivity index (χ4v) is 1.77. The number of anilines is 3. The van der Waals surface area contributed by atoms with E-state index in [2.05, 4.69) is 12.2 Å². The van der Waals surface area contributed by atoms with Gasteiger partial charge in [0.25, 0.3) is 0 Å². The van der Waals surface area contributed by atoms with Crippen molar-refractivity contribution in [2.75, 3.05) is 16.8 Å². The Morgan fingerprint density at radius 1 is 1.00 bits per heavy atom. The molecule has 2 aromatic rings. The Morgan fingerprint density at radius 3 is 2.47 bits per heavy atom. The van der Waals surface area contributed by atoms with E-state index >= 15 is 0 Å². The molecular weight excluding hydrogens is 210 g/mol. The second kappa shape index (κ2) is 4.78. The van der Waals surface area contributed by atoms with Gasteiger partial charge in [0, 0.05) is 11.7 Å². The number of nitrogens with two attached hydrogens (primary N) is 2. The normalized spacial score (nSPS) is 12.1. The van der Waals surface area contributed by atoms with E-state index in [0.29, 0.717) is 0 Å². The van der Waals surface area contributed by atoms with Gasteiger partial charge in [-0.15, -0.1) is 0 Å².